The molecule has 1 aromatic rings. The number of rotatable bonds is 3. The lowest BCUT2D eigenvalue weighted by molar-refractivity contribution is 0.314. The van der Waals surface area contributed by atoms with Crippen molar-refractivity contribution in [1.82, 2.24) is 4.90 Å². The first-order valence-corrected chi connectivity index (χ1v) is 5.99. The van der Waals surface area contributed by atoms with Gasteiger partial charge in [-0.05, 0) is 11.5 Å². The van der Waals surface area contributed by atoms with Gasteiger partial charge in [0.1, 0.15) is 0 Å². The summed E-state index contributed by atoms with van der Waals surface area (Å²) in [4.78, 5) is 2.40. The Balaban J connectivity index is 1.96. The Morgan fingerprint density at radius 2 is 2.06 bits per heavy atom. The van der Waals surface area contributed by atoms with Crippen molar-refractivity contribution in [2.24, 2.45) is 11.8 Å². The van der Waals surface area contributed by atoms with Gasteiger partial charge in [0.25, 0.3) is 0 Å². The van der Waals surface area contributed by atoms with Crippen LogP contribution in [0.1, 0.15) is 18.9 Å². The molecule has 0 N–H and O–H groups in total. The Bertz CT molecular complexity index is 366. The van der Waals surface area contributed by atoms with Crippen LogP contribution in [-0.4, -0.2) is 18.0 Å². The third-order valence-corrected chi connectivity index (χ3v) is 3.46. The zero-order chi connectivity index (χ0) is 11.4. The Kier molecular flexibility index (Phi) is 3.58. The van der Waals surface area contributed by atoms with Crippen LogP contribution in [0.2, 0.25) is 0 Å². The van der Waals surface area contributed by atoms with E-state index in [1.54, 1.807) is 0 Å². The van der Waals surface area contributed by atoms with Gasteiger partial charge in [0.15, 0.2) is 0 Å². The molecule has 2 atom stereocenters. The minimum Gasteiger partial charge on any atom is -0.297 e. The van der Waals surface area contributed by atoms with E-state index in [4.69, 9.17) is 5.26 Å². The summed E-state index contributed by atoms with van der Waals surface area (Å²) >= 11 is 0. The average molecular weight is 214 g/mol. The summed E-state index contributed by atoms with van der Waals surface area (Å²) in [6.07, 6.45) is 1.11. The molecule has 0 radical (unpaired) electrons. The molecule has 0 aliphatic carbocycles. The van der Waals surface area contributed by atoms with Gasteiger partial charge in [0.2, 0.25) is 0 Å². The number of hydrogen-bond donors (Lipinski definition) is 0. The standard InChI is InChI=1S/C14H18N2/c1-2-13-10-16(11-14(13)8-15)9-12-6-4-3-5-7-12/h3-7,13-14H,2,9-11H2,1H3/t13-,14-/m1/s1. The van der Waals surface area contributed by atoms with Crippen LogP contribution < -0.4 is 0 Å². The van der Waals surface area contributed by atoms with E-state index in [1.165, 1.54) is 5.56 Å². The van der Waals surface area contributed by atoms with Crippen molar-refractivity contribution in [2.45, 2.75) is 19.9 Å². The first-order chi connectivity index (χ1) is 7.83. The number of hydrogen-bond acceptors (Lipinski definition) is 2. The topological polar surface area (TPSA) is 27.0 Å². The molecule has 0 aromatic heterocycles. The SMILES string of the molecule is CC[C@@H]1CN(Cc2ccccc2)C[C@H]1C#N. The monoisotopic (exact) mass is 214 g/mol. The lowest BCUT2D eigenvalue weighted by atomic mass is 9.95. The van der Waals surface area contributed by atoms with Gasteiger partial charge >= 0.3 is 0 Å². The lowest BCUT2D eigenvalue weighted by Crippen LogP contribution is -2.20. The third kappa shape index (κ3) is 2.43. The quantitative estimate of drug-likeness (QED) is 0.773. The third-order valence-electron chi connectivity index (χ3n) is 3.46. The summed E-state index contributed by atoms with van der Waals surface area (Å²) in [7, 11) is 0. The second-order valence-electron chi connectivity index (χ2n) is 4.58. The normalized spacial score (nSPS) is 25.5. The van der Waals surface area contributed by atoms with Crippen LogP contribution in [-0.2, 0) is 6.54 Å². The zero-order valence-electron chi connectivity index (χ0n) is 9.76. The molecule has 0 saturated carbocycles. The summed E-state index contributed by atoms with van der Waals surface area (Å²) in [6, 6.07) is 12.9. The van der Waals surface area contributed by atoms with Crippen molar-refractivity contribution in [1.29, 1.82) is 5.26 Å². The first kappa shape index (κ1) is 11.2. The fourth-order valence-corrected chi connectivity index (χ4v) is 2.49. The van der Waals surface area contributed by atoms with Gasteiger partial charge < -0.3 is 0 Å². The molecular formula is C14H18N2. The molecule has 2 rings (SSSR count). The highest BCUT2D eigenvalue weighted by Crippen LogP contribution is 2.26. The van der Waals surface area contributed by atoms with E-state index < -0.39 is 0 Å². The molecule has 84 valence electrons. The molecule has 2 nitrogen and oxygen atoms in total. The van der Waals surface area contributed by atoms with Crippen LogP contribution in [0.5, 0.6) is 0 Å². The Morgan fingerprint density at radius 3 is 2.62 bits per heavy atom. The number of nitriles is 1. The zero-order valence-corrected chi connectivity index (χ0v) is 9.76. The van der Waals surface area contributed by atoms with Crippen LogP contribution in [0.15, 0.2) is 30.3 Å². The Labute approximate surface area is 97.5 Å². The molecule has 1 aromatic carbocycles. The molecule has 0 amide bonds. The molecule has 1 saturated heterocycles. The molecule has 16 heavy (non-hydrogen) atoms. The molecule has 2 heteroatoms. The number of benzene rings is 1. The van der Waals surface area contributed by atoms with Crippen LogP contribution in [0.4, 0.5) is 0 Å². The predicted molar refractivity (Wildman–Crippen MR) is 64.6 cm³/mol. The molecule has 0 spiro atoms. The van der Waals surface area contributed by atoms with Crippen LogP contribution >= 0.6 is 0 Å². The Morgan fingerprint density at radius 1 is 1.31 bits per heavy atom. The van der Waals surface area contributed by atoms with Crippen molar-refractivity contribution in [3.8, 4) is 6.07 Å². The van der Waals surface area contributed by atoms with E-state index >= 15 is 0 Å². The second kappa shape index (κ2) is 5.14. The molecule has 1 aliphatic heterocycles. The van der Waals surface area contributed by atoms with Gasteiger partial charge in [-0.25, -0.2) is 0 Å². The van der Waals surface area contributed by atoms with Crippen molar-refractivity contribution in [2.75, 3.05) is 13.1 Å². The van der Waals surface area contributed by atoms with E-state index in [0.29, 0.717) is 5.92 Å². The molecule has 0 bridgehead atoms. The lowest BCUT2D eigenvalue weighted by Gasteiger charge is -2.15. The van der Waals surface area contributed by atoms with E-state index in [-0.39, 0.29) is 5.92 Å². The van der Waals surface area contributed by atoms with Crippen LogP contribution in [0.3, 0.4) is 0 Å². The fourth-order valence-electron chi connectivity index (χ4n) is 2.49. The minimum atomic E-state index is 0.230. The largest absolute Gasteiger partial charge is 0.297 e. The van der Waals surface area contributed by atoms with Crippen molar-refractivity contribution in [3.05, 3.63) is 35.9 Å². The maximum Gasteiger partial charge on any atom is 0.0672 e. The van der Waals surface area contributed by atoms with Crippen molar-refractivity contribution in [3.63, 3.8) is 0 Å². The van der Waals surface area contributed by atoms with E-state index in [9.17, 15) is 0 Å². The second-order valence-corrected chi connectivity index (χ2v) is 4.58. The average Bonchev–Trinajstić information content (AvgIpc) is 2.72. The van der Waals surface area contributed by atoms with Gasteiger partial charge in [-0.3, -0.25) is 4.90 Å². The highest BCUT2D eigenvalue weighted by Gasteiger charge is 2.31. The molecule has 1 fully saturated rings. The minimum absolute atomic E-state index is 0.230. The molecule has 1 heterocycles. The Hall–Kier alpha value is -1.33. The highest BCUT2D eigenvalue weighted by atomic mass is 15.1. The number of nitrogens with zero attached hydrogens (tertiary/aromatic N) is 2. The van der Waals surface area contributed by atoms with Crippen LogP contribution in [0, 0.1) is 23.2 Å². The van der Waals surface area contributed by atoms with Crippen LogP contribution in [0.25, 0.3) is 0 Å². The van der Waals surface area contributed by atoms with Crippen molar-refractivity contribution < 1.29 is 0 Å². The van der Waals surface area contributed by atoms with E-state index in [2.05, 4.69) is 42.2 Å². The maximum absolute atomic E-state index is 9.07. The molecule has 1 aliphatic rings. The van der Waals surface area contributed by atoms with E-state index in [0.717, 1.165) is 26.1 Å². The smallest absolute Gasteiger partial charge is 0.0672 e. The van der Waals surface area contributed by atoms with Gasteiger partial charge in [-0.2, -0.15) is 5.26 Å². The summed E-state index contributed by atoms with van der Waals surface area (Å²) in [5.41, 5.74) is 1.34. The molecular weight excluding hydrogens is 196 g/mol. The van der Waals surface area contributed by atoms with Crippen molar-refractivity contribution >= 4 is 0 Å². The maximum atomic E-state index is 9.07. The summed E-state index contributed by atoms with van der Waals surface area (Å²) in [5, 5.41) is 9.07. The van der Waals surface area contributed by atoms with Gasteiger partial charge in [-0.15, -0.1) is 0 Å². The van der Waals surface area contributed by atoms with Gasteiger partial charge in [0.05, 0.1) is 12.0 Å². The van der Waals surface area contributed by atoms with Gasteiger partial charge in [-0.1, -0.05) is 43.7 Å². The predicted octanol–water partition coefficient (Wildman–Crippen LogP) is 2.67. The summed E-state index contributed by atoms with van der Waals surface area (Å²) < 4.78 is 0. The summed E-state index contributed by atoms with van der Waals surface area (Å²) in [6.45, 7) is 5.17. The first-order valence-electron chi connectivity index (χ1n) is 5.99. The van der Waals surface area contributed by atoms with Gasteiger partial charge in [0, 0.05) is 19.6 Å². The van der Waals surface area contributed by atoms with E-state index in [1.807, 2.05) is 6.07 Å². The summed E-state index contributed by atoms with van der Waals surface area (Å²) in [5.74, 6) is 0.794. The number of likely N-dealkylation sites (tertiary alicyclic amines) is 1. The molecule has 0 unspecified atom stereocenters. The fraction of sp³-hybridized carbons (Fsp3) is 0.500. The highest BCUT2D eigenvalue weighted by molar-refractivity contribution is 5.15.